The van der Waals surface area contributed by atoms with Crippen LogP contribution < -0.4 is 0 Å². The number of hydrogen-bond donors (Lipinski definition) is 1. The molecule has 1 saturated carbocycles. The van der Waals surface area contributed by atoms with Gasteiger partial charge in [-0.05, 0) is 25.2 Å². The quantitative estimate of drug-likeness (QED) is 0.804. The Hall–Kier alpha value is -0.200. The second kappa shape index (κ2) is 7.19. The van der Waals surface area contributed by atoms with E-state index < -0.39 is 0 Å². The number of thioether (sulfide) groups is 1. The molecule has 1 aliphatic carbocycles. The Bertz CT molecular complexity index is 239. The van der Waals surface area contributed by atoms with Crippen LogP contribution in [0.15, 0.2) is 0 Å². The van der Waals surface area contributed by atoms with Crippen LogP contribution in [0.2, 0.25) is 0 Å². The maximum atomic E-state index is 9.14. The lowest BCUT2D eigenvalue weighted by molar-refractivity contribution is 0.292. The SMILES string of the molecule is CCCC1CCC(C#N)C(SC(C)CO)C1. The summed E-state index contributed by atoms with van der Waals surface area (Å²) in [5.41, 5.74) is 0. The minimum Gasteiger partial charge on any atom is -0.395 e. The number of aliphatic hydroxyl groups is 1. The van der Waals surface area contributed by atoms with E-state index >= 15 is 0 Å². The summed E-state index contributed by atoms with van der Waals surface area (Å²) in [4.78, 5) is 0. The fourth-order valence-corrected chi connectivity index (χ4v) is 3.97. The Balaban J connectivity index is 2.50. The maximum absolute atomic E-state index is 9.14. The largest absolute Gasteiger partial charge is 0.395 e. The molecule has 0 amide bonds. The van der Waals surface area contributed by atoms with Crippen LogP contribution in [0.5, 0.6) is 0 Å². The molecule has 0 aromatic rings. The molecule has 0 aromatic heterocycles. The van der Waals surface area contributed by atoms with Crippen LogP contribution in [0.4, 0.5) is 0 Å². The Kier molecular flexibility index (Phi) is 6.23. The van der Waals surface area contributed by atoms with E-state index in [1.165, 1.54) is 25.7 Å². The van der Waals surface area contributed by atoms with Crippen molar-refractivity contribution in [3.63, 3.8) is 0 Å². The van der Waals surface area contributed by atoms with E-state index in [9.17, 15) is 0 Å². The molecule has 16 heavy (non-hydrogen) atoms. The van der Waals surface area contributed by atoms with Gasteiger partial charge in [0.05, 0.1) is 18.6 Å². The van der Waals surface area contributed by atoms with Crippen molar-refractivity contribution in [2.24, 2.45) is 11.8 Å². The van der Waals surface area contributed by atoms with Crippen LogP contribution in [-0.4, -0.2) is 22.2 Å². The first-order chi connectivity index (χ1) is 7.71. The maximum Gasteiger partial charge on any atom is 0.0667 e. The molecule has 92 valence electrons. The molecule has 0 saturated heterocycles. The first-order valence-corrected chi connectivity index (χ1v) is 7.31. The molecule has 1 rings (SSSR count). The van der Waals surface area contributed by atoms with Gasteiger partial charge in [-0.15, -0.1) is 0 Å². The van der Waals surface area contributed by atoms with Gasteiger partial charge in [0.25, 0.3) is 0 Å². The van der Waals surface area contributed by atoms with Crippen molar-refractivity contribution in [2.75, 3.05) is 6.61 Å². The molecule has 0 heterocycles. The zero-order valence-corrected chi connectivity index (χ0v) is 11.2. The Morgan fingerprint density at radius 1 is 1.50 bits per heavy atom. The lowest BCUT2D eigenvalue weighted by Gasteiger charge is -2.33. The van der Waals surface area contributed by atoms with Gasteiger partial charge in [0.1, 0.15) is 0 Å². The molecule has 0 aromatic carbocycles. The molecule has 1 fully saturated rings. The summed E-state index contributed by atoms with van der Waals surface area (Å²) in [6.07, 6.45) is 5.98. The summed E-state index contributed by atoms with van der Waals surface area (Å²) in [6, 6.07) is 2.44. The van der Waals surface area contributed by atoms with Crippen LogP contribution in [-0.2, 0) is 0 Å². The number of nitrogens with zero attached hydrogens (tertiary/aromatic N) is 1. The summed E-state index contributed by atoms with van der Waals surface area (Å²) in [5, 5.41) is 18.9. The van der Waals surface area contributed by atoms with Crippen molar-refractivity contribution in [1.82, 2.24) is 0 Å². The zero-order chi connectivity index (χ0) is 12.0. The normalized spacial score (nSPS) is 32.0. The molecule has 0 aliphatic heterocycles. The highest BCUT2D eigenvalue weighted by atomic mass is 32.2. The van der Waals surface area contributed by atoms with Gasteiger partial charge >= 0.3 is 0 Å². The van der Waals surface area contributed by atoms with Crippen molar-refractivity contribution < 1.29 is 5.11 Å². The van der Waals surface area contributed by atoms with Crippen LogP contribution in [0, 0.1) is 23.2 Å². The van der Waals surface area contributed by atoms with Gasteiger partial charge in [-0.25, -0.2) is 0 Å². The van der Waals surface area contributed by atoms with E-state index in [-0.39, 0.29) is 17.8 Å². The smallest absolute Gasteiger partial charge is 0.0667 e. The average molecular weight is 241 g/mol. The van der Waals surface area contributed by atoms with Crippen molar-refractivity contribution >= 4 is 11.8 Å². The molecule has 2 nitrogen and oxygen atoms in total. The third kappa shape index (κ3) is 3.99. The minimum absolute atomic E-state index is 0.201. The number of hydrogen-bond acceptors (Lipinski definition) is 3. The first kappa shape index (κ1) is 13.9. The van der Waals surface area contributed by atoms with Crippen molar-refractivity contribution in [3.05, 3.63) is 0 Å². The molecule has 4 atom stereocenters. The van der Waals surface area contributed by atoms with Crippen LogP contribution in [0.25, 0.3) is 0 Å². The second-order valence-electron chi connectivity index (χ2n) is 4.87. The number of nitriles is 1. The molecule has 1 aliphatic rings. The van der Waals surface area contributed by atoms with Crippen molar-refractivity contribution in [2.45, 2.75) is 56.5 Å². The highest BCUT2D eigenvalue weighted by Gasteiger charge is 2.31. The molecule has 4 unspecified atom stereocenters. The fourth-order valence-electron chi connectivity index (χ4n) is 2.52. The van der Waals surface area contributed by atoms with E-state index in [2.05, 4.69) is 13.0 Å². The lowest BCUT2D eigenvalue weighted by Crippen LogP contribution is -2.28. The highest BCUT2D eigenvalue weighted by Crippen LogP contribution is 2.39. The third-order valence-electron chi connectivity index (χ3n) is 3.43. The topological polar surface area (TPSA) is 44.0 Å². The van der Waals surface area contributed by atoms with E-state index in [4.69, 9.17) is 10.4 Å². The van der Waals surface area contributed by atoms with Gasteiger partial charge in [0, 0.05) is 10.5 Å². The molecule has 0 spiro atoms. The number of rotatable bonds is 5. The van der Waals surface area contributed by atoms with Crippen molar-refractivity contribution in [1.29, 1.82) is 5.26 Å². The van der Waals surface area contributed by atoms with Gasteiger partial charge in [0.2, 0.25) is 0 Å². The third-order valence-corrected chi connectivity index (χ3v) is 4.91. The van der Waals surface area contributed by atoms with E-state index in [0.717, 1.165) is 12.3 Å². The standard InChI is InChI=1S/C13H23NOS/c1-3-4-11-5-6-12(8-14)13(7-11)16-10(2)9-15/h10-13,15H,3-7,9H2,1-2H3. The molecule has 1 N–H and O–H groups in total. The van der Waals surface area contributed by atoms with Crippen LogP contribution in [0.3, 0.4) is 0 Å². The predicted molar refractivity (Wildman–Crippen MR) is 69.3 cm³/mol. The Morgan fingerprint density at radius 2 is 2.25 bits per heavy atom. The van der Waals surface area contributed by atoms with Crippen LogP contribution in [0.1, 0.15) is 46.0 Å². The monoisotopic (exact) mass is 241 g/mol. The summed E-state index contributed by atoms with van der Waals surface area (Å²) < 4.78 is 0. The Labute approximate surface area is 103 Å². The Morgan fingerprint density at radius 3 is 2.81 bits per heavy atom. The minimum atomic E-state index is 0.201. The van der Waals surface area contributed by atoms with E-state index in [1.54, 1.807) is 0 Å². The van der Waals surface area contributed by atoms with Gasteiger partial charge < -0.3 is 5.11 Å². The van der Waals surface area contributed by atoms with E-state index in [1.807, 2.05) is 18.7 Å². The van der Waals surface area contributed by atoms with Gasteiger partial charge in [-0.1, -0.05) is 26.7 Å². The highest BCUT2D eigenvalue weighted by molar-refractivity contribution is 8.00. The zero-order valence-electron chi connectivity index (χ0n) is 10.4. The molecule has 3 heteroatoms. The van der Waals surface area contributed by atoms with E-state index in [0.29, 0.717) is 5.25 Å². The lowest BCUT2D eigenvalue weighted by atomic mass is 9.80. The number of aliphatic hydroxyl groups excluding tert-OH is 1. The van der Waals surface area contributed by atoms with Crippen molar-refractivity contribution in [3.8, 4) is 6.07 Å². The summed E-state index contributed by atoms with van der Waals surface area (Å²) in [6.45, 7) is 4.50. The summed E-state index contributed by atoms with van der Waals surface area (Å²) >= 11 is 1.81. The van der Waals surface area contributed by atoms with Gasteiger partial charge in [-0.3, -0.25) is 0 Å². The second-order valence-corrected chi connectivity index (χ2v) is 6.55. The average Bonchev–Trinajstić information content (AvgIpc) is 2.30. The molecule has 0 radical (unpaired) electrons. The first-order valence-electron chi connectivity index (χ1n) is 6.37. The molecular weight excluding hydrogens is 218 g/mol. The molecular formula is C13H23NOS. The van der Waals surface area contributed by atoms with Gasteiger partial charge in [0.15, 0.2) is 0 Å². The van der Waals surface area contributed by atoms with Crippen LogP contribution >= 0.6 is 11.8 Å². The summed E-state index contributed by atoms with van der Waals surface area (Å²) in [5.74, 6) is 1.00. The fraction of sp³-hybridized carbons (Fsp3) is 0.923. The molecule has 0 bridgehead atoms. The summed E-state index contributed by atoms with van der Waals surface area (Å²) in [7, 11) is 0. The van der Waals surface area contributed by atoms with Gasteiger partial charge in [-0.2, -0.15) is 17.0 Å². The predicted octanol–water partition coefficient (Wildman–Crippen LogP) is 3.21.